The first kappa shape index (κ1) is 18.8. The Hall–Kier alpha value is -2.93. The number of aromatic nitrogens is 2. The van der Waals surface area contributed by atoms with Crippen LogP contribution in [0.25, 0.3) is 5.69 Å². The van der Waals surface area contributed by atoms with Crippen LogP contribution in [0, 0.1) is 20.8 Å². The number of carbonyl (C=O) groups is 2. The summed E-state index contributed by atoms with van der Waals surface area (Å²) in [5.74, 6) is -0.267. The Kier molecular flexibility index (Phi) is 5.71. The highest BCUT2D eigenvalue weighted by Crippen LogP contribution is 2.22. The Morgan fingerprint density at radius 3 is 2.81 bits per heavy atom. The molecule has 1 atom stereocenters. The monoisotopic (exact) mass is 382 g/mol. The lowest BCUT2D eigenvalue weighted by molar-refractivity contribution is -0.121. The van der Waals surface area contributed by atoms with Crippen molar-refractivity contribution in [3.05, 3.63) is 63.6 Å². The summed E-state index contributed by atoms with van der Waals surface area (Å²) in [5.41, 5.74) is 5.69. The van der Waals surface area contributed by atoms with Gasteiger partial charge in [-0.3, -0.25) is 9.59 Å². The van der Waals surface area contributed by atoms with Crippen molar-refractivity contribution >= 4 is 29.3 Å². The van der Waals surface area contributed by atoms with Crippen molar-refractivity contribution in [2.24, 2.45) is 0 Å². The van der Waals surface area contributed by atoms with Crippen molar-refractivity contribution in [3.63, 3.8) is 0 Å². The molecule has 0 spiro atoms. The molecule has 0 fully saturated rings. The maximum atomic E-state index is 12.7. The third kappa shape index (κ3) is 4.25. The van der Waals surface area contributed by atoms with E-state index in [1.165, 1.54) is 0 Å². The van der Waals surface area contributed by atoms with Gasteiger partial charge in [0.15, 0.2) is 0 Å². The first-order valence-corrected chi connectivity index (χ1v) is 9.57. The third-order valence-electron chi connectivity index (χ3n) is 4.47. The molecule has 0 aliphatic rings. The number of rotatable bonds is 7. The number of benzene rings is 1. The highest BCUT2D eigenvalue weighted by Gasteiger charge is 2.20. The van der Waals surface area contributed by atoms with Gasteiger partial charge in [-0.1, -0.05) is 12.1 Å². The van der Waals surface area contributed by atoms with Gasteiger partial charge < -0.3 is 10.6 Å². The van der Waals surface area contributed by atoms with Gasteiger partial charge in [0.1, 0.15) is 6.04 Å². The Morgan fingerprint density at radius 2 is 2.11 bits per heavy atom. The summed E-state index contributed by atoms with van der Waals surface area (Å²) in [7, 11) is 0. The maximum absolute atomic E-state index is 12.7. The molecule has 1 aromatic carbocycles. The van der Waals surface area contributed by atoms with Crippen molar-refractivity contribution in [1.29, 1.82) is 0 Å². The van der Waals surface area contributed by atoms with Crippen molar-refractivity contribution in [2.75, 3.05) is 5.32 Å². The molecule has 3 aromatic rings. The zero-order valence-corrected chi connectivity index (χ0v) is 16.3. The van der Waals surface area contributed by atoms with Gasteiger partial charge in [-0.25, -0.2) is 4.68 Å². The molecule has 0 radical (unpaired) electrons. The second-order valence-electron chi connectivity index (χ2n) is 6.51. The molecule has 2 N–H and O–H groups in total. The standard InChI is InChI=1S/C20H22N4O2S/c1-13-4-5-14(2)19(8-13)24-15(3)18(10-22-24)23-20(26)17(21-12-25)9-16-6-7-27-11-16/h4-8,10-12,17H,9H2,1-3H3,(H,21,25)(H,23,26). The molecule has 6 nitrogen and oxygen atoms in total. The van der Waals surface area contributed by atoms with Gasteiger partial charge >= 0.3 is 0 Å². The van der Waals surface area contributed by atoms with Gasteiger partial charge in [-0.05, 0) is 60.4 Å². The zero-order chi connectivity index (χ0) is 19.4. The summed E-state index contributed by atoms with van der Waals surface area (Å²) in [6.45, 7) is 5.97. The minimum absolute atomic E-state index is 0.267. The molecule has 2 heterocycles. The molecular weight excluding hydrogens is 360 g/mol. The largest absolute Gasteiger partial charge is 0.347 e. The molecule has 2 aromatic heterocycles. The van der Waals surface area contributed by atoms with E-state index >= 15 is 0 Å². The second kappa shape index (κ2) is 8.18. The fourth-order valence-electron chi connectivity index (χ4n) is 2.90. The van der Waals surface area contributed by atoms with Crippen LogP contribution in [0.2, 0.25) is 0 Å². The van der Waals surface area contributed by atoms with Gasteiger partial charge in [-0.2, -0.15) is 16.4 Å². The molecular formula is C20H22N4O2S. The number of anilines is 1. The summed E-state index contributed by atoms with van der Waals surface area (Å²) in [6, 6.07) is 7.48. The molecule has 140 valence electrons. The lowest BCUT2D eigenvalue weighted by Gasteiger charge is -2.15. The summed E-state index contributed by atoms with van der Waals surface area (Å²) < 4.78 is 1.82. The fourth-order valence-corrected chi connectivity index (χ4v) is 3.58. The van der Waals surface area contributed by atoms with Crippen LogP contribution < -0.4 is 10.6 Å². The number of carbonyl (C=O) groups excluding carboxylic acids is 2. The smallest absolute Gasteiger partial charge is 0.247 e. The lowest BCUT2D eigenvalue weighted by Crippen LogP contribution is -2.41. The summed E-state index contributed by atoms with van der Waals surface area (Å²) in [4.78, 5) is 23.6. The van der Waals surface area contributed by atoms with Crippen LogP contribution in [-0.4, -0.2) is 28.1 Å². The lowest BCUT2D eigenvalue weighted by atomic mass is 10.1. The van der Waals surface area contributed by atoms with Gasteiger partial charge in [0.25, 0.3) is 0 Å². The number of hydrogen-bond donors (Lipinski definition) is 2. The van der Waals surface area contributed by atoms with Crippen LogP contribution in [0.5, 0.6) is 0 Å². The highest BCUT2D eigenvalue weighted by atomic mass is 32.1. The predicted octanol–water partition coefficient (Wildman–Crippen LogP) is 3.15. The van der Waals surface area contributed by atoms with E-state index in [0.29, 0.717) is 18.5 Å². The maximum Gasteiger partial charge on any atom is 0.247 e. The molecule has 3 rings (SSSR count). The van der Waals surface area contributed by atoms with E-state index in [2.05, 4.69) is 33.9 Å². The predicted molar refractivity (Wildman–Crippen MR) is 107 cm³/mol. The Labute approximate surface area is 162 Å². The van der Waals surface area contributed by atoms with Crippen LogP contribution in [0.3, 0.4) is 0 Å². The normalized spacial score (nSPS) is 11.8. The summed E-state index contributed by atoms with van der Waals surface area (Å²) in [5, 5.41) is 13.8. The minimum atomic E-state index is -0.638. The van der Waals surface area contributed by atoms with Gasteiger partial charge in [-0.15, -0.1) is 0 Å². The average Bonchev–Trinajstić information content (AvgIpc) is 3.27. The molecule has 0 aliphatic carbocycles. The molecule has 0 saturated carbocycles. The van der Waals surface area contributed by atoms with Gasteiger partial charge in [0.05, 0.1) is 23.3 Å². The first-order chi connectivity index (χ1) is 13.0. The van der Waals surface area contributed by atoms with E-state index in [-0.39, 0.29) is 5.91 Å². The van der Waals surface area contributed by atoms with Crippen molar-refractivity contribution < 1.29 is 9.59 Å². The number of thiophene rings is 1. The first-order valence-electron chi connectivity index (χ1n) is 8.63. The number of amides is 2. The molecule has 27 heavy (non-hydrogen) atoms. The van der Waals surface area contributed by atoms with E-state index in [0.717, 1.165) is 28.1 Å². The fraction of sp³-hybridized carbons (Fsp3) is 0.250. The van der Waals surface area contributed by atoms with Crippen molar-refractivity contribution in [2.45, 2.75) is 33.2 Å². The van der Waals surface area contributed by atoms with Gasteiger partial charge in [0.2, 0.25) is 12.3 Å². The molecule has 0 saturated heterocycles. The summed E-state index contributed by atoms with van der Waals surface area (Å²) in [6.07, 6.45) is 2.64. The number of aryl methyl sites for hydroxylation is 2. The van der Waals surface area contributed by atoms with E-state index in [9.17, 15) is 9.59 Å². The van der Waals surface area contributed by atoms with Crippen molar-refractivity contribution in [1.82, 2.24) is 15.1 Å². The quantitative estimate of drug-likeness (QED) is 0.616. The Balaban J connectivity index is 1.80. The topological polar surface area (TPSA) is 76.0 Å². The van der Waals surface area contributed by atoms with E-state index < -0.39 is 6.04 Å². The molecule has 7 heteroatoms. The van der Waals surface area contributed by atoms with E-state index in [4.69, 9.17) is 0 Å². The zero-order valence-electron chi connectivity index (χ0n) is 15.5. The average molecular weight is 382 g/mol. The molecule has 0 aliphatic heterocycles. The highest BCUT2D eigenvalue weighted by molar-refractivity contribution is 7.07. The van der Waals surface area contributed by atoms with Crippen LogP contribution in [0.15, 0.2) is 41.2 Å². The van der Waals surface area contributed by atoms with E-state index in [1.807, 2.05) is 42.3 Å². The molecule has 0 bridgehead atoms. The number of nitrogens with one attached hydrogen (secondary N) is 2. The third-order valence-corrected chi connectivity index (χ3v) is 5.20. The van der Waals surface area contributed by atoms with Crippen molar-refractivity contribution in [3.8, 4) is 5.69 Å². The van der Waals surface area contributed by atoms with Crippen LogP contribution in [0.4, 0.5) is 5.69 Å². The van der Waals surface area contributed by atoms with Crippen LogP contribution >= 0.6 is 11.3 Å². The van der Waals surface area contributed by atoms with E-state index in [1.54, 1.807) is 17.5 Å². The number of nitrogens with zero attached hydrogens (tertiary/aromatic N) is 2. The van der Waals surface area contributed by atoms with Gasteiger partial charge in [0, 0.05) is 6.42 Å². The SMILES string of the molecule is Cc1ccc(C)c(-n2ncc(NC(=O)C(Cc3ccsc3)NC=O)c2C)c1. The Bertz CT molecular complexity index is 947. The minimum Gasteiger partial charge on any atom is -0.347 e. The molecule has 1 unspecified atom stereocenters. The second-order valence-corrected chi connectivity index (χ2v) is 7.29. The van der Waals surface area contributed by atoms with Crippen LogP contribution in [0.1, 0.15) is 22.4 Å². The summed E-state index contributed by atoms with van der Waals surface area (Å²) >= 11 is 1.56. The molecule has 2 amide bonds. The van der Waals surface area contributed by atoms with Crippen LogP contribution in [-0.2, 0) is 16.0 Å². The Morgan fingerprint density at radius 1 is 1.30 bits per heavy atom. The number of hydrogen-bond acceptors (Lipinski definition) is 4.